The predicted molar refractivity (Wildman–Crippen MR) is 71.5 cm³/mol. The standard InChI is InChI=1S/C13H25N3O2/c1-3-16(10-7-11(14)15-18)12(17)13(2)8-5-4-6-9-13/h18H,3-10H2,1-2H3,(H2,14,15). The van der Waals surface area contributed by atoms with Gasteiger partial charge in [-0.25, -0.2) is 0 Å². The zero-order valence-electron chi connectivity index (χ0n) is 11.5. The molecule has 1 fully saturated rings. The van der Waals surface area contributed by atoms with E-state index in [1.165, 1.54) is 6.42 Å². The Kier molecular flexibility index (Phi) is 5.44. The third kappa shape index (κ3) is 3.62. The summed E-state index contributed by atoms with van der Waals surface area (Å²) in [5.41, 5.74) is 5.24. The molecule has 0 aromatic heterocycles. The SMILES string of the molecule is CCN(CCC(N)=NO)C(=O)C1(C)CCCCC1. The maximum absolute atomic E-state index is 12.5. The van der Waals surface area contributed by atoms with E-state index in [1.807, 2.05) is 11.8 Å². The molecule has 0 atom stereocenters. The minimum absolute atomic E-state index is 0.176. The quantitative estimate of drug-likeness (QED) is 0.341. The Balaban J connectivity index is 2.60. The summed E-state index contributed by atoms with van der Waals surface area (Å²) >= 11 is 0. The molecule has 1 rings (SSSR count). The summed E-state index contributed by atoms with van der Waals surface area (Å²) in [7, 11) is 0. The molecule has 1 aliphatic rings. The molecular formula is C13H25N3O2. The number of hydrogen-bond donors (Lipinski definition) is 2. The maximum atomic E-state index is 12.5. The Morgan fingerprint density at radius 2 is 2.00 bits per heavy atom. The smallest absolute Gasteiger partial charge is 0.228 e. The zero-order valence-corrected chi connectivity index (χ0v) is 11.5. The van der Waals surface area contributed by atoms with Gasteiger partial charge in [-0.05, 0) is 19.8 Å². The van der Waals surface area contributed by atoms with E-state index in [-0.39, 0.29) is 17.2 Å². The van der Waals surface area contributed by atoms with E-state index in [1.54, 1.807) is 0 Å². The lowest BCUT2D eigenvalue weighted by Gasteiger charge is -2.36. The largest absolute Gasteiger partial charge is 0.409 e. The fourth-order valence-corrected chi connectivity index (χ4v) is 2.63. The summed E-state index contributed by atoms with van der Waals surface area (Å²) in [4.78, 5) is 14.4. The third-order valence-electron chi connectivity index (χ3n) is 3.91. The molecule has 0 aromatic rings. The minimum atomic E-state index is -0.209. The molecular weight excluding hydrogens is 230 g/mol. The normalized spacial score (nSPS) is 19.6. The van der Waals surface area contributed by atoms with Crippen LogP contribution < -0.4 is 5.73 Å². The van der Waals surface area contributed by atoms with E-state index in [9.17, 15) is 4.79 Å². The van der Waals surface area contributed by atoms with Gasteiger partial charge in [-0.15, -0.1) is 0 Å². The van der Waals surface area contributed by atoms with E-state index >= 15 is 0 Å². The molecule has 3 N–H and O–H groups in total. The van der Waals surface area contributed by atoms with Crippen LogP contribution in [0.5, 0.6) is 0 Å². The lowest BCUT2D eigenvalue weighted by Crippen LogP contribution is -2.44. The van der Waals surface area contributed by atoms with Gasteiger partial charge in [-0.3, -0.25) is 4.79 Å². The summed E-state index contributed by atoms with van der Waals surface area (Å²) in [6.07, 6.45) is 5.89. The third-order valence-corrected chi connectivity index (χ3v) is 3.91. The molecule has 0 saturated heterocycles. The second-order valence-corrected chi connectivity index (χ2v) is 5.35. The number of amides is 1. The maximum Gasteiger partial charge on any atom is 0.228 e. The highest BCUT2D eigenvalue weighted by Crippen LogP contribution is 2.37. The van der Waals surface area contributed by atoms with E-state index in [0.717, 1.165) is 25.7 Å². The van der Waals surface area contributed by atoms with Gasteiger partial charge in [0.1, 0.15) is 5.84 Å². The molecule has 0 spiro atoms. The summed E-state index contributed by atoms with van der Waals surface area (Å²) in [6.45, 7) is 5.24. The van der Waals surface area contributed by atoms with Crippen LogP contribution in [0, 0.1) is 5.41 Å². The lowest BCUT2D eigenvalue weighted by atomic mass is 9.74. The van der Waals surface area contributed by atoms with Crippen molar-refractivity contribution >= 4 is 11.7 Å². The van der Waals surface area contributed by atoms with Gasteiger partial charge >= 0.3 is 0 Å². The molecule has 0 heterocycles. The fourth-order valence-electron chi connectivity index (χ4n) is 2.63. The van der Waals surface area contributed by atoms with Crippen LogP contribution in [0.25, 0.3) is 0 Å². The van der Waals surface area contributed by atoms with Gasteiger partial charge in [-0.2, -0.15) is 0 Å². The first kappa shape index (κ1) is 14.8. The summed E-state index contributed by atoms with van der Waals surface area (Å²) in [5.74, 6) is 0.394. The summed E-state index contributed by atoms with van der Waals surface area (Å²) in [6, 6.07) is 0. The number of carbonyl (C=O) groups excluding carboxylic acids is 1. The Hall–Kier alpha value is -1.26. The lowest BCUT2D eigenvalue weighted by molar-refractivity contribution is -0.142. The van der Waals surface area contributed by atoms with E-state index < -0.39 is 0 Å². The molecule has 1 saturated carbocycles. The van der Waals surface area contributed by atoms with E-state index in [4.69, 9.17) is 10.9 Å². The Labute approximate surface area is 109 Å². The van der Waals surface area contributed by atoms with Crippen LogP contribution in [0.3, 0.4) is 0 Å². The zero-order chi connectivity index (χ0) is 13.6. The summed E-state index contributed by atoms with van der Waals surface area (Å²) in [5, 5.41) is 11.5. The Morgan fingerprint density at radius 1 is 1.39 bits per heavy atom. The molecule has 0 aliphatic heterocycles. The van der Waals surface area contributed by atoms with Crippen molar-refractivity contribution in [2.45, 2.75) is 52.4 Å². The Morgan fingerprint density at radius 3 is 2.50 bits per heavy atom. The summed E-state index contributed by atoms with van der Waals surface area (Å²) < 4.78 is 0. The molecule has 0 radical (unpaired) electrons. The molecule has 1 amide bonds. The highest BCUT2D eigenvalue weighted by molar-refractivity contribution is 5.84. The number of nitrogens with two attached hydrogens (primary N) is 1. The number of nitrogens with zero attached hydrogens (tertiary/aromatic N) is 2. The number of hydrogen-bond acceptors (Lipinski definition) is 3. The van der Waals surface area contributed by atoms with Gasteiger partial charge in [0.2, 0.25) is 5.91 Å². The molecule has 5 nitrogen and oxygen atoms in total. The minimum Gasteiger partial charge on any atom is -0.409 e. The van der Waals surface area contributed by atoms with Gasteiger partial charge in [0.05, 0.1) is 0 Å². The number of amidine groups is 1. The van der Waals surface area contributed by atoms with Crippen LogP contribution in [-0.2, 0) is 4.79 Å². The highest BCUT2D eigenvalue weighted by atomic mass is 16.4. The topological polar surface area (TPSA) is 78.9 Å². The van der Waals surface area contributed by atoms with Crippen molar-refractivity contribution < 1.29 is 10.0 Å². The van der Waals surface area contributed by atoms with Crippen molar-refractivity contribution in [1.82, 2.24) is 4.90 Å². The molecule has 5 heteroatoms. The second kappa shape index (κ2) is 6.61. The predicted octanol–water partition coefficient (Wildman–Crippen LogP) is 1.94. The first-order valence-electron chi connectivity index (χ1n) is 6.79. The monoisotopic (exact) mass is 255 g/mol. The molecule has 1 aliphatic carbocycles. The Bertz CT molecular complexity index is 309. The van der Waals surface area contributed by atoms with E-state index in [0.29, 0.717) is 19.5 Å². The molecule has 104 valence electrons. The van der Waals surface area contributed by atoms with E-state index in [2.05, 4.69) is 12.1 Å². The van der Waals surface area contributed by atoms with Crippen molar-refractivity contribution in [1.29, 1.82) is 0 Å². The number of rotatable bonds is 5. The van der Waals surface area contributed by atoms with Crippen LogP contribution in [0.1, 0.15) is 52.4 Å². The van der Waals surface area contributed by atoms with Crippen LogP contribution in [0.4, 0.5) is 0 Å². The molecule has 0 bridgehead atoms. The van der Waals surface area contributed by atoms with Gasteiger partial charge in [0.25, 0.3) is 0 Å². The van der Waals surface area contributed by atoms with Crippen molar-refractivity contribution in [2.75, 3.05) is 13.1 Å². The van der Waals surface area contributed by atoms with Crippen LogP contribution in [0.15, 0.2) is 5.16 Å². The van der Waals surface area contributed by atoms with Crippen molar-refractivity contribution in [3.63, 3.8) is 0 Å². The average molecular weight is 255 g/mol. The van der Waals surface area contributed by atoms with Crippen molar-refractivity contribution in [3.05, 3.63) is 0 Å². The average Bonchev–Trinajstić information content (AvgIpc) is 2.39. The van der Waals surface area contributed by atoms with Crippen LogP contribution in [-0.4, -0.2) is 34.9 Å². The van der Waals surface area contributed by atoms with Crippen molar-refractivity contribution in [3.8, 4) is 0 Å². The highest BCUT2D eigenvalue weighted by Gasteiger charge is 2.36. The number of oxime groups is 1. The molecule has 0 unspecified atom stereocenters. The fraction of sp³-hybridized carbons (Fsp3) is 0.846. The van der Waals surface area contributed by atoms with Crippen LogP contribution in [0.2, 0.25) is 0 Å². The van der Waals surface area contributed by atoms with Gasteiger partial charge in [0, 0.05) is 24.9 Å². The van der Waals surface area contributed by atoms with Gasteiger partial charge in [-0.1, -0.05) is 31.3 Å². The van der Waals surface area contributed by atoms with Crippen molar-refractivity contribution in [2.24, 2.45) is 16.3 Å². The molecule has 18 heavy (non-hydrogen) atoms. The van der Waals surface area contributed by atoms with Gasteiger partial charge < -0.3 is 15.8 Å². The first-order chi connectivity index (χ1) is 8.53. The second-order valence-electron chi connectivity index (χ2n) is 5.35. The van der Waals surface area contributed by atoms with Gasteiger partial charge in [0.15, 0.2) is 0 Å². The first-order valence-corrected chi connectivity index (χ1v) is 6.79. The molecule has 0 aromatic carbocycles. The van der Waals surface area contributed by atoms with Crippen LogP contribution >= 0.6 is 0 Å². The number of carbonyl (C=O) groups is 1.